The van der Waals surface area contributed by atoms with Gasteiger partial charge in [0.25, 0.3) is 0 Å². The molecule has 0 spiro atoms. The summed E-state index contributed by atoms with van der Waals surface area (Å²) in [7, 11) is 0. The van der Waals surface area contributed by atoms with Crippen molar-refractivity contribution in [2.45, 2.75) is 51.4 Å². The monoisotopic (exact) mass is 713 g/mol. The van der Waals surface area contributed by atoms with Crippen LogP contribution in [0.15, 0.2) is 146 Å². The number of hydrogen-bond acceptors (Lipinski definition) is 5. The summed E-state index contributed by atoms with van der Waals surface area (Å²) in [5, 5.41) is 9.46. The fraction of sp³-hybridized carbons (Fsp3) is 0.220. The molecule has 2 aliphatic rings. The minimum atomic E-state index is 0.324. The standard InChI is InChI=1S/C50H43N5/c1-33-25-36-26-34(2)29-50(28-33,30-36)44-21-18-38(19-22-44)37-14-16-41(17-15-37)48-53-47(40-12-10-35(31-51)11-13-40)54-49(55-48)45-23-20-42(43-9-6-24-52-32-43)27-46(45)39-7-4-3-5-8-39/h3-24,27,32-34,36H,25-26,28-30H2,1-2H3/t33-,34+,36?,50?. The van der Waals surface area contributed by atoms with Crippen molar-refractivity contribution in [3.05, 3.63) is 157 Å². The molecule has 2 fully saturated rings. The van der Waals surface area contributed by atoms with E-state index in [1.807, 2.05) is 42.6 Å². The number of hydrogen-bond donors (Lipinski definition) is 0. The van der Waals surface area contributed by atoms with Crippen molar-refractivity contribution < 1.29 is 0 Å². The average Bonchev–Trinajstić information content (AvgIpc) is 3.23. The Labute approximate surface area is 323 Å². The van der Waals surface area contributed by atoms with E-state index in [1.165, 1.54) is 48.8 Å². The summed E-state index contributed by atoms with van der Waals surface area (Å²) < 4.78 is 0. The fourth-order valence-corrected chi connectivity index (χ4v) is 9.64. The molecule has 7 aromatic rings. The predicted molar refractivity (Wildman–Crippen MR) is 222 cm³/mol. The molecular weight excluding hydrogens is 671 g/mol. The maximum Gasteiger partial charge on any atom is 0.164 e. The van der Waals surface area contributed by atoms with Gasteiger partial charge in [0.1, 0.15) is 0 Å². The first kappa shape index (κ1) is 34.5. The Morgan fingerprint density at radius 1 is 0.527 bits per heavy atom. The number of nitriles is 1. The minimum absolute atomic E-state index is 0.324. The lowest BCUT2D eigenvalue weighted by Crippen LogP contribution is -2.42. The highest BCUT2D eigenvalue weighted by Gasteiger charge is 2.45. The number of benzene rings is 5. The summed E-state index contributed by atoms with van der Waals surface area (Å²) in [6, 6.07) is 48.4. The van der Waals surface area contributed by atoms with Gasteiger partial charge in [-0.3, -0.25) is 4.98 Å². The summed E-state index contributed by atoms with van der Waals surface area (Å²) in [6.45, 7) is 4.91. The molecule has 2 aliphatic carbocycles. The Balaban J connectivity index is 1.09. The van der Waals surface area contributed by atoms with Crippen LogP contribution >= 0.6 is 0 Å². The lowest BCUT2D eigenvalue weighted by Gasteiger charge is -2.50. The molecule has 5 aromatic carbocycles. The maximum atomic E-state index is 9.46. The molecule has 0 N–H and O–H groups in total. The van der Waals surface area contributed by atoms with E-state index in [0.29, 0.717) is 28.5 Å². The van der Waals surface area contributed by atoms with E-state index >= 15 is 0 Å². The van der Waals surface area contributed by atoms with Crippen LogP contribution < -0.4 is 0 Å². The summed E-state index contributed by atoms with van der Waals surface area (Å²) >= 11 is 0. The largest absolute Gasteiger partial charge is 0.264 e. The third-order valence-corrected chi connectivity index (χ3v) is 11.9. The van der Waals surface area contributed by atoms with Gasteiger partial charge in [-0.05, 0) is 131 Å². The van der Waals surface area contributed by atoms with Gasteiger partial charge in [0.05, 0.1) is 11.6 Å². The van der Waals surface area contributed by atoms with Gasteiger partial charge >= 0.3 is 0 Å². The molecule has 55 heavy (non-hydrogen) atoms. The van der Waals surface area contributed by atoms with Crippen LogP contribution in [0.25, 0.3) is 67.5 Å². The van der Waals surface area contributed by atoms with Crippen molar-refractivity contribution in [1.82, 2.24) is 19.9 Å². The van der Waals surface area contributed by atoms with Gasteiger partial charge in [-0.15, -0.1) is 0 Å². The topological polar surface area (TPSA) is 75.3 Å². The van der Waals surface area contributed by atoms with Gasteiger partial charge < -0.3 is 0 Å². The molecule has 268 valence electrons. The van der Waals surface area contributed by atoms with Crippen LogP contribution in [-0.4, -0.2) is 19.9 Å². The van der Waals surface area contributed by atoms with Crippen molar-refractivity contribution in [2.24, 2.45) is 17.8 Å². The van der Waals surface area contributed by atoms with Gasteiger partial charge in [0.2, 0.25) is 0 Å². The number of rotatable bonds is 7. The Morgan fingerprint density at radius 2 is 1.09 bits per heavy atom. The highest BCUT2D eigenvalue weighted by molar-refractivity contribution is 5.85. The third kappa shape index (κ3) is 6.97. The second-order valence-corrected chi connectivity index (χ2v) is 16.0. The van der Waals surface area contributed by atoms with Crippen LogP contribution in [0, 0.1) is 29.1 Å². The molecule has 2 bridgehead atoms. The molecule has 0 aliphatic heterocycles. The van der Waals surface area contributed by atoms with Gasteiger partial charge in [0.15, 0.2) is 17.5 Å². The van der Waals surface area contributed by atoms with Crippen LogP contribution in [0.3, 0.4) is 0 Å². The van der Waals surface area contributed by atoms with Gasteiger partial charge in [-0.1, -0.05) is 105 Å². The van der Waals surface area contributed by atoms with Crippen LogP contribution in [0.4, 0.5) is 0 Å². The van der Waals surface area contributed by atoms with Crippen LogP contribution in [0.2, 0.25) is 0 Å². The zero-order valence-electron chi connectivity index (χ0n) is 31.4. The van der Waals surface area contributed by atoms with Crippen LogP contribution in [0.5, 0.6) is 0 Å². The van der Waals surface area contributed by atoms with E-state index in [-0.39, 0.29) is 0 Å². The first-order chi connectivity index (χ1) is 26.9. The van der Waals surface area contributed by atoms with Crippen molar-refractivity contribution in [3.8, 4) is 73.6 Å². The van der Waals surface area contributed by atoms with Gasteiger partial charge in [-0.2, -0.15) is 5.26 Å². The lowest BCUT2D eigenvalue weighted by molar-refractivity contribution is 0.0780. The molecule has 0 saturated heterocycles. The fourth-order valence-electron chi connectivity index (χ4n) is 9.64. The Kier molecular flexibility index (Phi) is 9.12. The highest BCUT2D eigenvalue weighted by atomic mass is 15.0. The summed E-state index contributed by atoms with van der Waals surface area (Å²) in [5.74, 6) is 4.18. The summed E-state index contributed by atoms with van der Waals surface area (Å²) in [4.78, 5) is 19.6. The number of aromatic nitrogens is 4. The van der Waals surface area contributed by atoms with Crippen molar-refractivity contribution in [1.29, 1.82) is 5.26 Å². The zero-order valence-corrected chi connectivity index (χ0v) is 31.4. The molecule has 0 amide bonds. The van der Waals surface area contributed by atoms with Gasteiger partial charge in [0, 0.05) is 34.6 Å². The molecular formula is C50H43N5. The number of pyridine rings is 1. The molecule has 0 radical (unpaired) electrons. The quantitative estimate of drug-likeness (QED) is 0.164. The molecule has 5 heteroatoms. The molecule has 4 atom stereocenters. The van der Waals surface area contributed by atoms with Gasteiger partial charge in [-0.25, -0.2) is 15.0 Å². The smallest absolute Gasteiger partial charge is 0.164 e. The van der Waals surface area contributed by atoms with Crippen LogP contribution in [-0.2, 0) is 5.41 Å². The van der Waals surface area contributed by atoms with Crippen LogP contribution in [0.1, 0.15) is 57.1 Å². The lowest BCUT2D eigenvalue weighted by atomic mass is 9.54. The molecule has 2 unspecified atom stereocenters. The normalized spacial score (nSPS) is 20.4. The van der Waals surface area contributed by atoms with E-state index in [2.05, 4.69) is 110 Å². The van der Waals surface area contributed by atoms with Crippen molar-refractivity contribution in [3.63, 3.8) is 0 Å². The minimum Gasteiger partial charge on any atom is -0.264 e. The van der Waals surface area contributed by atoms with E-state index in [9.17, 15) is 5.26 Å². The van der Waals surface area contributed by atoms with E-state index in [0.717, 1.165) is 56.7 Å². The van der Waals surface area contributed by atoms with E-state index in [4.69, 9.17) is 15.0 Å². The molecule has 9 rings (SSSR count). The number of nitrogens with zero attached hydrogens (tertiary/aromatic N) is 5. The third-order valence-electron chi connectivity index (χ3n) is 11.9. The number of fused-ring (bicyclic) bond motifs is 2. The first-order valence-corrected chi connectivity index (χ1v) is 19.5. The zero-order chi connectivity index (χ0) is 37.4. The van der Waals surface area contributed by atoms with E-state index < -0.39 is 0 Å². The highest BCUT2D eigenvalue weighted by Crippen LogP contribution is 2.54. The summed E-state index contributed by atoms with van der Waals surface area (Å²) in [6.07, 6.45) is 10.4. The molecule has 2 heterocycles. The Hall–Kier alpha value is -6.25. The van der Waals surface area contributed by atoms with Crippen molar-refractivity contribution in [2.75, 3.05) is 0 Å². The first-order valence-electron chi connectivity index (χ1n) is 19.5. The summed E-state index contributed by atoms with van der Waals surface area (Å²) in [5.41, 5.74) is 11.6. The molecule has 5 nitrogen and oxygen atoms in total. The maximum absolute atomic E-state index is 9.46. The van der Waals surface area contributed by atoms with Crippen molar-refractivity contribution >= 4 is 0 Å². The van der Waals surface area contributed by atoms with E-state index in [1.54, 1.807) is 18.3 Å². The predicted octanol–water partition coefficient (Wildman–Crippen LogP) is 12.2. The second kappa shape index (κ2) is 14.5. The Bertz CT molecular complexity index is 2470. The second-order valence-electron chi connectivity index (χ2n) is 16.0. The molecule has 2 aromatic heterocycles. The molecule has 2 saturated carbocycles. The Morgan fingerprint density at radius 3 is 1.71 bits per heavy atom. The SMILES string of the molecule is C[C@@H]1CC2C[C@H](C)CC(c3ccc(-c4ccc(-c5nc(-c6ccc(C#N)cc6)nc(-c6ccc(-c7cccnc7)cc6-c6ccccc6)n5)cc4)cc3)(C2)C1. The average molecular weight is 714 g/mol.